The van der Waals surface area contributed by atoms with E-state index in [9.17, 15) is 4.79 Å². The van der Waals surface area contributed by atoms with E-state index in [2.05, 4.69) is 38.5 Å². The van der Waals surface area contributed by atoms with E-state index in [-0.39, 0.29) is 5.91 Å². The lowest BCUT2D eigenvalue weighted by Gasteiger charge is -2.05. The molecule has 1 amide bonds. The van der Waals surface area contributed by atoms with Gasteiger partial charge in [0.05, 0.1) is 16.3 Å². The average molecular weight is 396 g/mol. The average Bonchev–Trinajstić information content (AvgIpc) is 3.20. The molecule has 0 unspecified atom stereocenters. The molecule has 0 radical (unpaired) electrons. The van der Waals surface area contributed by atoms with Crippen molar-refractivity contribution in [3.05, 3.63) is 50.1 Å². The van der Waals surface area contributed by atoms with Crippen LogP contribution in [0.4, 0.5) is 0 Å². The van der Waals surface area contributed by atoms with E-state index in [1.165, 1.54) is 11.3 Å². The van der Waals surface area contributed by atoms with Crippen LogP contribution in [0.5, 0.6) is 0 Å². The van der Waals surface area contributed by atoms with Crippen molar-refractivity contribution in [2.45, 2.75) is 13.5 Å². The number of rotatable bonds is 5. The van der Waals surface area contributed by atoms with Crippen LogP contribution in [-0.2, 0) is 6.54 Å². The van der Waals surface area contributed by atoms with Gasteiger partial charge in [-0.2, -0.15) is 5.10 Å². The van der Waals surface area contributed by atoms with Crippen LogP contribution in [0.1, 0.15) is 15.4 Å². The molecule has 0 aliphatic carbocycles. The first kappa shape index (κ1) is 15.5. The molecule has 0 aliphatic rings. The number of nitrogens with one attached hydrogen (secondary N) is 1. The molecule has 0 bridgehead atoms. The topological polar surface area (TPSA) is 46.9 Å². The van der Waals surface area contributed by atoms with Crippen molar-refractivity contribution in [2.24, 2.45) is 0 Å². The first-order valence-electron chi connectivity index (χ1n) is 6.74. The number of aromatic nitrogens is 2. The predicted octanol–water partition coefficient (Wildman–Crippen LogP) is 4.17. The van der Waals surface area contributed by atoms with Crippen LogP contribution < -0.4 is 5.32 Å². The third-order valence-electron chi connectivity index (χ3n) is 3.16. The fourth-order valence-corrected chi connectivity index (χ4v) is 4.10. The minimum Gasteiger partial charge on any atom is -0.349 e. The van der Waals surface area contributed by atoms with Gasteiger partial charge in [0.1, 0.15) is 5.69 Å². The summed E-state index contributed by atoms with van der Waals surface area (Å²) in [4.78, 5) is 13.8. The first-order valence-corrected chi connectivity index (χ1v) is 9.29. The lowest BCUT2D eigenvalue weighted by atomic mass is 10.3. The largest absolute Gasteiger partial charge is 0.349 e. The maximum absolute atomic E-state index is 12.0. The van der Waals surface area contributed by atoms with Gasteiger partial charge in [0.2, 0.25) is 0 Å². The Balaban J connectivity index is 1.59. The molecule has 0 saturated carbocycles. The summed E-state index contributed by atoms with van der Waals surface area (Å²) in [5, 5.41) is 11.5. The van der Waals surface area contributed by atoms with E-state index in [4.69, 9.17) is 0 Å². The summed E-state index contributed by atoms with van der Waals surface area (Å²) in [6.45, 7) is 3.25. The third kappa shape index (κ3) is 3.48. The Morgan fingerprint density at radius 3 is 2.95 bits per heavy atom. The summed E-state index contributed by atoms with van der Waals surface area (Å²) in [7, 11) is 0. The molecule has 0 fully saturated rings. The highest BCUT2D eigenvalue weighted by molar-refractivity contribution is 9.10. The molecule has 4 nitrogen and oxygen atoms in total. The van der Waals surface area contributed by atoms with Crippen LogP contribution in [0, 0.1) is 6.92 Å². The number of carbonyl (C=O) groups excluding carboxylic acids is 1. The molecule has 0 saturated heterocycles. The van der Waals surface area contributed by atoms with E-state index in [1.54, 1.807) is 11.3 Å². The zero-order valence-corrected chi connectivity index (χ0v) is 15.1. The molecular weight excluding hydrogens is 382 g/mol. The number of carbonyl (C=O) groups is 1. The van der Waals surface area contributed by atoms with Gasteiger partial charge in [0, 0.05) is 22.1 Å². The summed E-state index contributed by atoms with van der Waals surface area (Å²) in [5.74, 6) is -0.0426. The van der Waals surface area contributed by atoms with E-state index >= 15 is 0 Å². The lowest BCUT2D eigenvalue weighted by Crippen LogP contribution is -2.27. The summed E-state index contributed by atoms with van der Waals surface area (Å²) < 4.78 is 2.87. The Morgan fingerprint density at radius 2 is 2.27 bits per heavy atom. The third-order valence-corrected chi connectivity index (χ3v) is 5.74. The van der Waals surface area contributed by atoms with Gasteiger partial charge in [0.25, 0.3) is 5.91 Å². The van der Waals surface area contributed by atoms with Crippen molar-refractivity contribution >= 4 is 44.5 Å². The molecule has 0 atom stereocenters. The van der Waals surface area contributed by atoms with Crippen molar-refractivity contribution in [2.75, 3.05) is 6.54 Å². The number of aryl methyl sites for hydroxylation is 1. The Hall–Kier alpha value is -1.44. The van der Waals surface area contributed by atoms with Crippen LogP contribution in [-0.4, -0.2) is 22.2 Å². The van der Waals surface area contributed by atoms with Crippen molar-refractivity contribution in [3.63, 3.8) is 0 Å². The Bertz CT molecular complexity index is 777. The molecule has 3 rings (SSSR count). The van der Waals surface area contributed by atoms with Crippen LogP contribution in [0.2, 0.25) is 0 Å². The fraction of sp³-hybridized carbons (Fsp3) is 0.200. The smallest absolute Gasteiger partial charge is 0.261 e. The SMILES string of the molecule is Cc1cc(-c2cccs2)nn1CCNC(=O)c1cc(Br)cs1. The zero-order chi connectivity index (χ0) is 15.5. The highest BCUT2D eigenvalue weighted by atomic mass is 79.9. The monoisotopic (exact) mass is 395 g/mol. The summed E-state index contributed by atoms with van der Waals surface area (Å²) >= 11 is 6.46. The molecule has 114 valence electrons. The minimum atomic E-state index is -0.0426. The van der Waals surface area contributed by atoms with Crippen LogP contribution in [0.3, 0.4) is 0 Å². The number of amides is 1. The quantitative estimate of drug-likeness (QED) is 0.704. The fourth-order valence-electron chi connectivity index (χ4n) is 2.08. The van der Waals surface area contributed by atoms with Gasteiger partial charge in [-0.3, -0.25) is 9.48 Å². The zero-order valence-electron chi connectivity index (χ0n) is 11.9. The van der Waals surface area contributed by atoms with Crippen LogP contribution in [0.15, 0.2) is 39.5 Å². The van der Waals surface area contributed by atoms with Crippen LogP contribution >= 0.6 is 38.6 Å². The molecule has 0 aromatic carbocycles. The van der Waals surface area contributed by atoms with Gasteiger partial charge in [-0.05, 0) is 46.4 Å². The second-order valence-corrected chi connectivity index (χ2v) is 7.53. The van der Waals surface area contributed by atoms with Gasteiger partial charge in [-0.25, -0.2) is 0 Å². The van der Waals surface area contributed by atoms with Crippen molar-refractivity contribution < 1.29 is 4.79 Å². The van der Waals surface area contributed by atoms with E-state index < -0.39 is 0 Å². The van der Waals surface area contributed by atoms with Gasteiger partial charge < -0.3 is 5.32 Å². The Kier molecular flexibility index (Phi) is 4.75. The van der Waals surface area contributed by atoms with Gasteiger partial charge in [-0.1, -0.05) is 6.07 Å². The number of nitrogens with zero attached hydrogens (tertiary/aromatic N) is 2. The Morgan fingerprint density at radius 1 is 1.41 bits per heavy atom. The van der Waals surface area contributed by atoms with Gasteiger partial charge in [0.15, 0.2) is 0 Å². The first-order chi connectivity index (χ1) is 10.6. The summed E-state index contributed by atoms with van der Waals surface area (Å²) in [6.07, 6.45) is 0. The van der Waals surface area contributed by atoms with Crippen LogP contribution in [0.25, 0.3) is 10.6 Å². The maximum Gasteiger partial charge on any atom is 0.261 e. The molecule has 3 heterocycles. The molecule has 7 heteroatoms. The molecule has 3 aromatic heterocycles. The van der Waals surface area contributed by atoms with E-state index in [0.717, 1.165) is 20.7 Å². The number of hydrogen-bond acceptors (Lipinski definition) is 4. The molecule has 22 heavy (non-hydrogen) atoms. The Labute approximate surface area is 144 Å². The predicted molar refractivity (Wildman–Crippen MR) is 94.6 cm³/mol. The van der Waals surface area contributed by atoms with Crippen molar-refractivity contribution in [1.82, 2.24) is 15.1 Å². The van der Waals surface area contributed by atoms with Crippen molar-refractivity contribution in [1.29, 1.82) is 0 Å². The maximum atomic E-state index is 12.0. The highest BCUT2D eigenvalue weighted by Crippen LogP contribution is 2.23. The molecule has 3 aromatic rings. The second-order valence-electron chi connectivity index (χ2n) is 4.76. The lowest BCUT2D eigenvalue weighted by molar-refractivity contribution is 0.0956. The standard InChI is InChI=1S/C15H14BrN3OS2/c1-10-7-12(13-3-2-6-21-13)18-19(10)5-4-17-15(20)14-8-11(16)9-22-14/h2-3,6-9H,4-5H2,1H3,(H,17,20). The number of thiophene rings is 2. The summed E-state index contributed by atoms with van der Waals surface area (Å²) in [6, 6.07) is 7.99. The number of hydrogen-bond donors (Lipinski definition) is 1. The summed E-state index contributed by atoms with van der Waals surface area (Å²) in [5.41, 5.74) is 2.08. The van der Waals surface area contributed by atoms with Gasteiger partial charge in [-0.15, -0.1) is 22.7 Å². The number of halogens is 1. The highest BCUT2D eigenvalue weighted by Gasteiger charge is 2.10. The molecule has 0 aliphatic heterocycles. The van der Waals surface area contributed by atoms with Gasteiger partial charge >= 0.3 is 0 Å². The molecular formula is C15H14BrN3OS2. The molecule has 0 spiro atoms. The normalized spacial score (nSPS) is 10.8. The molecule has 1 N–H and O–H groups in total. The minimum absolute atomic E-state index is 0.0426. The second kappa shape index (κ2) is 6.76. The van der Waals surface area contributed by atoms with Crippen molar-refractivity contribution in [3.8, 4) is 10.6 Å². The van der Waals surface area contributed by atoms with E-state index in [1.807, 2.05) is 34.5 Å². The van der Waals surface area contributed by atoms with E-state index in [0.29, 0.717) is 18.0 Å².